The molecule has 1 heterocycles. The van der Waals surface area contributed by atoms with Crippen molar-refractivity contribution in [2.45, 2.75) is 31.9 Å². The molecule has 0 aliphatic carbocycles. The fourth-order valence-corrected chi connectivity index (χ4v) is 3.14. The van der Waals surface area contributed by atoms with Gasteiger partial charge in [-0.05, 0) is 57.6 Å². The Morgan fingerprint density at radius 1 is 1.38 bits per heavy atom. The van der Waals surface area contributed by atoms with Crippen molar-refractivity contribution >= 4 is 5.91 Å². The quantitative estimate of drug-likeness (QED) is 0.692. The lowest BCUT2D eigenvalue weighted by atomic mass is 10.1. The number of carbonyl (C=O) groups excluding carboxylic acids is 1. The lowest BCUT2D eigenvalue weighted by molar-refractivity contribution is -0.134. The van der Waals surface area contributed by atoms with Crippen molar-refractivity contribution in [2.75, 3.05) is 39.8 Å². The second-order valence-corrected chi connectivity index (χ2v) is 6.44. The third-order valence-electron chi connectivity index (χ3n) is 4.70. The van der Waals surface area contributed by atoms with Gasteiger partial charge in [0, 0.05) is 12.6 Å². The van der Waals surface area contributed by atoms with Crippen LogP contribution in [-0.4, -0.2) is 71.7 Å². The van der Waals surface area contributed by atoms with Crippen molar-refractivity contribution in [3.8, 4) is 5.75 Å². The van der Waals surface area contributed by atoms with Crippen molar-refractivity contribution in [3.05, 3.63) is 29.8 Å². The number of aromatic hydroxyl groups is 1. The number of aliphatic hydroxyl groups excluding tert-OH is 1. The van der Waals surface area contributed by atoms with E-state index >= 15 is 0 Å². The van der Waals surface area contributed by atoms with Crippen LogP contribution in [0.5, 0.6) is 5.75 Å². The molecule has 1 aliphatic rings. The number of piperidine rings is 1. The van der Waals surface area contributed by atoms with E-state index < -0.39 is 6.10 Å². The second-order valence-electron chi connectivity index (χ2n) is 6.44. The van der Waals surface area contributed by atoms with Crippen LogP contribution in [0.4, 0.5) is 0 Å². The summed E-state index contributed by atoms with van der Waals surface area (Å²) in [5.41, 5.74) is 0.618. The molecule has 2 rings (SSSR count). The molecular formula is C18H29N3O3. The lowest BCUT2D eigenvalue weighted by Crippen LogP contribution is -2.47. The van der Waals surface area contributed by atoms with Gasteiger partial charge in [-0.3, -0.25) is 9.69 Å². The van der Waals surface area contributed by atoms with Gasteiger partial charge in [0.05, 0.1) is 19.2 Å². The first-order chi connectivity index (χ1) is 11.5. The van der Waals surface area contributed by atoms with Crippen molar-refractivity contribution < 1.29 is 15.0 Å². The molecule has 6 heteroatoms. The zero-order valence-electron chi connectivity index (χ0n) is 14.6. The Hall–Kier alpha value is -1.63. The number of carbonyl (C=O) groups is 1. The normalized spacial score (nSPS) is 17.0. The minimum atomic E-state index is -0.801. The number of likely N-dealkylation sites (N-methyl/N-ethyl adjacent to an activating group) is 2. The highest BCUT2D eigenvalue weighted by molar-refractivity contribution is 5.78. The maximum absolute atomic E-state index is 12.6. The lowest BCUT2D eigenvalue weighted by Gasteiger charge is -2.33. The molecule has 24 heavy (non-hydrogen) atoms. The van der Waals surface area contributed by atoms with Gasteiger partial charge in [0.1, 0.15) is 5.75 Å². The highest BCUT2D eigenvalue weighted by Crippen LogP contribution is 2.19. The molecule has 1 aliphatic heterocycles. The predicted molar refractivity (Wildman–Crippen MR) is 93.8 cm³/mol. The Kier molecular flexibility index (Phi) is 7.02. The largest absolute Gasteiger partial charge is 0.508 e. The van der Waals surface area contributed by atoms with Crippen LogP contribution in [0.1, 0.15) is 31.4 Å². The Balaban J connectivity index is 1.90. The van der Waals surface area contributed by atoms with Crippen molar-refractivity contribution in [1.29, 1.82) is 0 Å². The minimum Gasteiger partial charge on any atom is -0.508 e. The number of phenols is 1. The molecule has 3 N–H and O–H groups in total. The van der Waals surface area contributed by atoms with E-state index in [2.05, 4.69) is 10.2 Å². The van der Waals surface area contributed by atoms with Crippen molar-refractivity contribution in [1.82, 2.24) is 15.1 Å². The smallest absolute Gasteiger partial charge is 0.236 e. The van der Waals surface area contributed by atoms with E-state index in [1.54, 1.807) is 23.1 Å². The number of rotatable bonds is 7. The number of amides is 1. The molecule has 1 amide bonds. The maximum Gasteiger partial charge on any atom is 0.236 e. The summed E-state index contributed by atoms with van der Waals surface area (Å²) in [6.07, 6.45) is 1.31. The molecule has 1 saturated heterocycles. The van der Waals surface area contributed by atoms with Gasteiger partial charge < -0.3 is 20.4 Å². The van der Waals surface area contributed by atoms with Gasteiger partial charge in [0.15, 0.2) is 0 Å². The van der Waals surface area contributed by atoms with E-state index in [1.165, 1.54) is 6.07 Å². The Labute approximate surface area is 144 Å². The molecule has 0 spiro atoms. The van der Waals surface area contributed by atoms with Gasteiger partial charge >= 0.3 is 0 Å². The molecule has 1 aromatic rings. The molecule has 1 atom stereocenters. The molecule has 0 radical (unpaired) electrons. The summed E-state index contributed by atoms with van der Waals surface area (Å²) in [7, 11) is 1.99. The number of hydrogen-bond acceptors (Lipinski definition) is 5. The van der Waals surface area contributed by atoms with Crippen LogP contribution < -0.4 is 5.32 Å². The summed E-state index contributed by atoms with van der Waals surface area (Å²) in [6.45, 7) is 5.06. The van der Waals surface area contributed by atoms with E-state index in [4.69, 9.17) is 0 Å². The van der Waals surface area contributed by atoms with Crippen LogP contribution in [0.3, 0.4) is 0 Å². The fraction of sp³-hybridized carbons (Fsp3) is 0.611. The number of phenolic OH excluding ortho intramolecular Hbond substituents is 1. The SMILES string of the molecule is CCN(C[C@H](O)c1cccc(O)c1)C(=O)CN(C)C1CCNCC1. The van der Waals surface area contributed by atoms with E-state index in [-0.39, 0.29) is 18.2 Å². The maximum atomic E-state index is 12.6. The van der Waals surface area contributed by atoms with E-state index in [1.807, 2.05) is 14.0 Å². The fourth-order valence-electron chi connectivity index (χ4n) is 3.14. The van der Waals surface area contributed by atoms with E-state index in [0.717, 1.165) is 25.9 Å². The first-order valence-electron chi connectivity index (χ1n) is 8.67. The van der Waals surface area contributed by atoms with E-state index in [9.17, 15) is 15.0 Å². The molecule has 134 valence electrons. The number of aliphatic hydroxyl groups is 1. The molecule has 0 aromatic heterocycles. The van der Waals surface area contributed by atoms with Crippen molar-refractivity contribution in [2.24, 2.45) is 0 Å². The summed E-state index contributed by atoms with van der Waals surface area (Å²) in [6, 6.07) is 6.97. The molecule has 0 saturated carbocycles. The molecule has 0 bridgehead atoms. The Bertz CT molecular complexity index is 532. The first kappa shape index (κ1) is 18.7. The molecule has 0 unspecified atom stereocenters. The van der Waals surface area contributed by atoms with Crippen LogP contribution in [0, 0.1) is 0 Å². The summed E-state index contributed by atoms with van der Waals surface area (Å²) >= 11 is 0. The number of nitrogens with zero attached hydrogens (tertiary/aromatic N) is 2. The summed E-state index contributed by atoms with van der Waals surface area (Å²) in [5.74, 6) is 0.143. The zero-order chi connectivity index (χ0) is 17.5. The minimum absolute atomic E-state index is 0.0257. The average molecular weight is 335 g/mol. The molecule has 1 aromatic carbocycles. The second kappa shape index (κ2) is 9.01. The number of nitrogens with one attached hydrogen (secondary N) is 1. The monoisotopic (exact) mass is 335 g/mol. The summed E-state index contributed by atoms with van der Waals surface area (Å²) in [4.78, 5) is 16.4. The standard InChI is InChI=1S/C18H29N3O3/c1-3-21(12-17(23)14-5-4-6-16(22)11-14)18(24)13-20(2)15-7-9-19-10-8-15/h4-6,11,15,17,19,22-23H,3,7-10,12-13H2,1-2H3/t17-/m0/s1. The van der Waals surface area contributed by atoms with Gasteiger partial charge in [0.25, 0.3) is 0 Å². The van der Waals surface area contributed by atoms with Gasteiger partial charge in [-0.1, -0.05) is 12.1 Å². The van der Waals surface area contributed by atoms with Crippen LogP contribution in [0.2, 0.25) is 0 Å². The van der Waals surface area contributed by atoms with Crippen LogP contribution >= 0.6 is 0 Å². The number of benzene rings is 1. The van der Waals surface area contributed by atoms with Crippen molar-refractivity contribution in [3.63, 3.8) is 0 Å². The van der Waals surface area contributed by atoms with Gasteiger partial charge in [-0.25, -0.2) is 0 Å². The summed E-state index contributed by atoms with van der Waals surface area (Å²) < 4.78 is 0. The third kappa shape index (κ3) is 5.19. The average Bonchev–Trinajstić information content (AvgIpc) is 2.60. The first-order valence-corrected chi connectivity index (χ1v) is 8.67. The van der Waals surface area contributed by atoms with Crippen LogP contribution in [0.15, 0.2) is 24.3 Å². The molecular weight excluding hydrogens is 306 g/mol. The van der Waals surface area contributed by atoms with Gasteiger partial charge in [-0.2, -0.15) is 0 Å². The highest BCUT2D eigenvalue weighted by Gasteiger charge is 2.23. The third-order valence-corrected chi connectivity index (χ3v) is 4.70. The van der Waals surface area contributed by atoms with Gasteiger partial charge in [-0.15, -0.1) is 0 Å². The predicted octanol–water partition coefficient (Wildman–Crippen LogP) is 0.958. The Morgan fingerprint density at radius 2 is 2.08 bits per heavy atom. The molecule has 6 nitrogen and oxygen atoms in total. The van der Waals surface area contributed by atoms with Crippen LogP contribution in [-0.2, 0) is 4.79 Å². The summed E-state index contributed by atoms with van der Waals surface area (Å²) in [5, 5.41) is 23.2. The zero-order valence-corrected chi connectivity index (χ0v) is 14.6. The highest BCUT2D eigenvalue weighted by atomic mass is 16.3. The van der Waals surface area contributed by atoms with Gasteiger partial charge in [0.2, 0.25) is 5.91 Å². The topological polar surface area (TPSA) is 76.0 Å². The van der Waals surface area contributed by atoms with E-state index in [0.29, 0.717) is 24.7 Å². The number of hydrogen-bond donors (Lipinski definition) is 3. The van der Waals surface area contributed by atoms with Crippen LogP contribution in [0.25, 0.3) is 0 Å². The Morgan fingerprint density at radius 3 is 2.71 bits per heavy atom. The molecule has 1 fully saturated rings.